The maximum absolute atomic E-state index is 5.27. The van der Waals surface area contributed by atoms with E-state index in [1.807, 2.05) is 12.3 Å². The number of aromatic nitrogens is 2. The number of hydrogen-bond donors (Lipinski definition) is 1. The van der Waals surface area contributed by atoms with E-state index in [1.54, 1.807) is 13.4 Å². The van der Waals surface area contributed by atoms with Gasteiger partial charge in [-0.1, -0.05) is 6.07 Å². The zero-order valence-electron chi connectivity index (χ0n) is 9.81. The molecule has 4 nitrogen and oxygen atoms in total. The number of nitrogens with zero attached hydrogens (tertiary/aromatic N) is 2. The summed E-state index contributed by atoms with van der Waals surface area (Å²) in [5.74, 6) is 0.915. The monoisotopic (exact) mass is 229 g/mol. The number of fused-ring (bicyclic) bond motifs is 1. The number of benzene rings is 1. The molecule has 1 aliphatic heterocycles. The molecule has 88 valence electrons. The fourth-order valence-corrected chi connectivity index (χ4v) is 2.29. The van der Waals surface area contributed by atoms with Gasteiger partial charge in [-0.25, -0.2) is 4.98 Å². The molecule has 0 atom stereocenters. The molecule has 0 unspecified atom stereocenters. The summed E-state index contributed by atoms with van der Waals surface area (Å²) in [7, 11) is 1.70. The number of hydrogen-bond acceptors (Lipinski definition) is 3. The van der Waals surface area contributed by atoms with Crippen LogP contribution >= 0.6 is 0 Å². The molecule has 1 N–H and O–H groups in total. The Kier molecular flexibility index (Phi) is 2.48. The summed E-state index contributed by atoms with van der Waals surface area (Å²) in [6.07, 6.45) is 4.76. The van der Waals surface area contributed by atoms with E-state index in [-0.39, 0.29) is 0 Å². The van der Waals surface area contributed by atoms with Crippen molar-refractivity contribution in [3.05, 3.63) is 42.0 Å². The number of H-pyrrole nitrogens is 1. The molecule has 2 heterocycles. The van der Waals surface area contributed by atoms with E-state index in [0.717, 1.165) is 31.0 Å². The third kappa shape index (κ3) is 1.86. The second kappa shape index (κ2) is 4.13. The highest BCUT2D eigenvalue weighted by atomic mass is 16.5. The van der Waals surface area contributed by atoms with Crippen molar-refractivity contribution < 1.29 is 4.74 Å². The predicted octanol–water partition coefficient (Wildman–Crippen LogP) is 1.98. The highest BCUT2D eigenvalue weighted by molar-refractivity contribution is 5.61. The van der Waals surface area contributed by atoms with Crippen molar-refractivity contribution in [1.82, 2.24) is 9.97 Å². The second-order valence-corrected chi connectivity index (χ2v) is 4.23. The van der Waals surface area contributed by atoms with Crippen molar-refractivity contribution in [2.45, 2.75) is 13.0 Å². The van der Waals surface area contributed by atoms with E-state index in [0.29, 0.717) is 0 Å². The van der Waals surface area contributed by atoms with Gasteiger partial charge in [0, 0.05) is 24.5 Å². The molecular formula is C13H15N3O. The van der Waals surface area contributed by atoms with Gasteiger partial charge in [0.1, 0.15) is 5.75 Å². The molecule has 2 aromatic rings. The summed E-state index contributed by atoms with van der Waals surface area (Å²) in [5, 5.41) is 0. The van der Waals surface area contributed by atoms with Crippen LogP contribution in [-0.4, -0.2) is 23.6 Å². The van der Waals surface area contributed by atoms with Crippen LogP contribution in [-0.2, 0) is 13.0 Å². The van der Waals surface area contributed by atoms with E-state index >= 15 is 0 Å². The van der Waals surface area contributed by atoms with Gasteiger partial charge in [0.15, 0.2) is 0 Å². The van der Waals surface area contributed by atoms with Gasteiger partial charge in [0.05, 0.1) is 25.7 Å². The van der Waals surface area contributed by atoms with Gasteiger partial charge < -0.3 is 14.6 Å². The van der Waals surface area contributed by atoms with E-state index in [2.05, 4.69) is 27.0 Å². The average Bonchev–Trinajstić information content (AvgIpc) is 2.99. The van der Waals surface area contributed by atoms with E-state index in [4.69, 9.17) is 4.74 Å². The molecule has 0 saturated carbocycles. The minimum absolute atomic E-state index is 0.851. The number of ether oxygens (including phenoxy) is 1. The van der Waals surface area contributed by atoms with Gasteiger partial charge in [0.2, 0.25) is 0 Å². The Morgan fingerprint density at radius 1 is 1.47 bits per heavy atom. The van der Waals surface area contributed by atoms with Crippen molar-refractivity contribution in [2.24, 2.45) is 0 Å². The molecule has 1 aromatic heterocycles. The molecular weight excluding hydrogens is 214 g/mol. The van der Waals surface area contributed by atoms with Crippen molar-refractivity contribution in [2.75, 3.05) is 18.6 Å². The van der Waals surface area contributed by atoms with Gasteiger partial charge in [-0.3, -0.25) is 0 Å². The number of aromatic amines is 1. The summed E-state index contributed by atoms with van der Waals surface area (Å²) >= 11 is 0. The smallest absolute Gasteiger partial charge is 0.120 e. The number of imidazole rings is 1. The molecule has 0 spiro atoms. The quantitative estimate of drug-likeness (QED) is 0.875. The standard InChI is InChI=1S/C13H15N3O/c1-17-12-3-2-10-4-5-16(13(10)6-12)8-11-7-14-9-15-11/h2-3,6-7,9H,4-5,8H2,1H3,(H,14,15). The fraction of sp³-hybridized carbons (Fsp3) is 0.308. The van der Waals surface area contributed by atoms with Crippen LogP contribution < -0.4 is 9.64 Å². The summed E-state index contributed by atoms with van der Waals surface area (Å²) in [6.45, 7) is 1.90. The Balaban J connectivity index is 1.87. The van der Waals surface area contributed by atoms with Crippen LogP contribution in [0.1, 0.15) is 11.3 Å². The number of methoxy groups -OCH3 is 1. The van der Waals surface area contributed by atoms with Gasteiger partial charge in [-0.05, 0) is 18.1 Å². The van der Waals surface area contributed by atoms with Crippen molar-refractivity contribution in [3.63, 3.8) is 0 Å². The third-order valence-electron chi connectivity index (χ3n) is 3.19. The Morgan fingerprint density at radius 3 is 3.18 bits per heavy atom. The Morgan fingerprint density at radius 2 is 2.41 bits per heavy atom. The zero-order chi connectivity index (χ0) is 11.7. The number of rotatable bonds is 3. The van der Waals surface area contributed by atoms with Crippen LogP contribution in [0.2, 0.25) is 0 Å². The van der Waals surface area contributed by atoms with Crippen molar-refractivity contribution >= 4 is 5.69 Å². The van der Waals surface area contributed by atoms with Crippen molar-refractivity contribution in [1.29, 1.82) is 0 Å². The van der Waals surface area contributed by atoms with E-state index in [9.17, 15) is 0 Å². The molecule has 0 bridgehead atoms. The van der Waals surface area contributed by atoms with Crippen LogP contribution in [0, 0.1) is 0 Å². The van der Waals surface area contributed by atoms with Gasteiger partial charge in [-0.15, -0.1) is 0 Å². The van der Waals surface area contributed by atoms with Crippen LogP contribution in [0.4, 0.5) is 5.69 Å². The largest absolute Gasteiger partial charge is 0.497 e. The van der Waals surface area contributed by atoms with E-state index < -0.39 is 0 Å². The molecule has 17 heavy (non-hydrogen) atoms. The molecule has 0 amide bonds. The molecule has 0 fully saturated rings. The lowest BCUT2D eigenvalue weighted by Gasteiger charge is -2.18. The highest BCUT2D eigenvalue weighted by Gasteiger charge is 2.20. The van der Waals surface area contributed by atoms with Gasteiger partial charge in [-0.2, -0.15) is 0 Å². The maximum Gasteiger partial charge on any atom is 0.120 e. The molecule has 0 aliphatic carbocycles. The lowest BCUT2D eigenvalue weighted by molar-refractivity contribution is 0.415. The predicted molar refractivity (Wildman–Crippen MR) is 66.3 cm³/mol. The molecule has 0 radical (unpaired) electrons. The third-order valence-corrected chi connectivity index (χ3v) is 3.19. The van der Waals surface area contributed by atoms with E-state index in [1.165, 1.54) is 11.3 Å². The zero-order valence-corrected chi connectivity index (χ0v) is 9.81. The SMILES string of the molecule is COc1ccc2c(c1)N(Cc1c[nH]cn1)CC2. The first kappa shape index (κ1) is 10.2. The normalized spacial score (nSPS) is 13.8. The Labute approximate surface area is 100 Å². The van der Waals surface area contributed by atoms with Crippen LogP contribution in [0.15, 0.2) is 30.7 Å². The number of anilines is 1. The van der Waals surface area contributed by atoms with Crippen molar-refractivity contribution in [3.8, 4) is 5.75 Å². The highest BCUT2D eigenvalue weighted by Crippen LogP contribution is 2.32. The molecule has 3 rings (SSSR count). The van der Waals surface area contributed by atoms with Gasteiger partial charge >= 0.3 is 0 Å². The molecule has 4 heteroatoms. The van der Waals surface area contributed by atoms with Gasteiger partial charge in [0.25, 0.3) is 0 Å². The average molecular weight is 229 g/mol. The first-order chi connectivity index (χ1) is 8.36. The summed E-state index contributed by atoms with van der Waals surface area (Å²) in [4.78, 5) is 9.60. The van der Waals surface area contributed by atoms with Crippen LogP contribution in [0.5, 0.6) is 5.75 Å². The maximum atomic E-state index is 5.27. The first-order valence-electron chi connectivity index (χ1n) is 5.76. The Bertz CT molecular complexity index is 507. The van der Waals surface area contributed by atoms with Crippen LogP contribution in [0.3, 0.4) is 0 Å². The Hall–Kier alpha value is -1.97. The summed E-state index contributed by atoms with van der Waals surface area (Å²) in [5.41, 5.74) is 3.73. The first-order valence-corrected chi connectivity index (χ1v) is 5.76. The number of nitrogens with one attached hydrogen (secondary N) is 1. The molecule has 1 aliphatic rings. The lowest BCUT2D eigenvalue weighted by Crippen LogP contribution is -2.19. The molecule has 1 aromatic carbocycles. The minimum atomic E-state index is 0.851. The second-order valence-electron chi connectivity index (χ2n) is 4.23. The fourth-order valence-electron chi connectivity index (χ4n) is 2.29. The minimum Gasteiger partial charge on any atom is -0.497 e. The molecule has 0 saturated heterocycles. The van der Waals surface area contributed by atoms with Crippen LogP contribution in [0.25, 0.3) is 0 Å². The summed E-state index contributed by atoms with van der Waals surface area (Å²) < 4.78 is 5.27. The summed E-state index contributed by atoms with van der Waals surface area (Å²) in [6, 6.07) is 6.28. The lowest BCUT2D eigenvalue weighted by atomic mass is 10.1. The topological polar surface area (TPSA) is 41.1 Å².